The monoisotopic (exact) mass is 211 g/mol. The SMILES string of the molecule is NC(=O)C[C@@H](CS(=O)(=O)O)C(=O)O. The van der Waals surface area contributed by atoms with Crippen molar-refractivity contribution in [3.05, 3.63) is 0 Å². The molecule has 0 spiro atoms. The number of hydrogen-bond donors (Lipinski definition) is 3. The molecule has 1 amide bonds. The van der Waals surface area contributed by atoms with Crippen LogP contribution in [0.15, 0.2) is 0 Å². The van der Waals surface area contributed by atoms with Gasteiger partial charge in [0.05, 0.1) is 11.7 Å². The molecule has 0 saturated carbocycles. The number of carbonyl (C=O) groups is 2. The van der Waals surface area contributed by atoms with Gasteiger partial charge in [-0.15, -0.1) is 0 Å². The van der Waals surface area contributed by atoms with Gasteiger partial charge in [0, 0.05) is 6.42 Å². The number of nitrogens with two attached hydrogens (primary N) is 1. The van der Waals surface area contributed by atoms with Gasteiger partial charge in [0.25, 0.3) is 10.1 Å². The molecule has 0 aliphatic heterocycles. The quantitative estimate of drug-likeness (QED) is 0.471. The van der Waals surface area contributed by atoms with Crippen LogP contribution in [-0.2, 0) is 19.7 Å². The van der Waals surface area contributed by atoms with Crippen molar-refractivity contribution in [2.24, 2.45) is 11.7 Å². The van der Waals surface area contributed by atoms with Gasteiger partial charge < -0.3 is 10.8 Å². The normalized spacial score (nSPS) is 13.6. The molecule has 76 valence electrons. The summed E-state index contributed by atoms with van der Waals surface area (Å²) in [6, 6.07) is 0. The Morgan fingerprint density at radius 3 is 2.08 bits per heavy atom. The third-order valence-corrected chi connectivity index (χ3v) is 2.03. The fourth-order valence-corrected chi connectivity index (χ4v) is 1.48. The highest BCUT2D eigenvalue weighted by Crippen LogP contribution is 2.05. The van der Waals surface area contributed by atoms with Crippen LogP contribution in [0.5, 0.6) is 0 Å². The molecule has 13 heavy (non-hydrogen) atoms. The van der Waals surface area contributed by atoms with E-state index in [-0.39, 0.29) is 0 Å². The van der Waals surface area contributed by atoms with E-state index in [1.54, 1.807) is 0 Å². The molecular formula is C5H9NO6S. The molecule has 0 fully saturated rings. The second-order valence-corrected chi connectivity index (χ2v) is 3.95. The maximum Gasteiger partial charge on any atom is 0.308 e. The number of hydrogen-bond acceptors (Lipinski definition) is 4. The van der Waals surface area contributed by atoms with Gasteiger partial charge in [-0.1, -0.05) is 0 Å². The van der Waals surface area contributed by atoms with Crippen molar-refractivity contribution < 1.29 is 27.7 Å². The minimum Gasteiger partial charge on any atom is -0.481 e. The lowest BCUT2D eigenvalue weighted by molar-refractivity contribution is -0.142. The second kappa shape index (κ2) is 4.19. The van der Waals surface area contributed by atoms with Crippen molar-refractivity contribution in [2.75, 3.05) is 5.75 Å². The van der Waals surface area contributed by atoms with Crippen LogP contribution in [0.1, 0.15) is 6.42 Å². The highest BCUT2D eigenvalue weighted by molar-refractivity contribution is 7.85. The summed E-state index contributed by atoms with van der Waals surface area (Å²) in [6.45, 7) is 0. The van der Waals surface area contributed by atoms with Crippen LogP contribution in [-0.4, -0.2) is 35.7 Å². The fraction of sp³-hybridized carbons (Fsp3) is 0.600. The number of carboxylic acid groups (broad SMARTS) is 1. The number of rotatable bonds is 5. The Balaban J connectivity index is 4.45. The van der Waals surface area contributed by atoms with E-state index >= 15 is 0 Å². The zero-order chi connectivity index (χ0) is 10.6. The van der Waals surface area contributed by atoms with Gasteiger partial charge in [-0.25, -0.2) is 0 Å². The Labute approximate surface area is 74.3 Å². The average molecular weight is 211 g/mol. The predicted molar refractivity (Wildman–Crippen MR) is 41.4 cm³/mol. The average Bonchev–Trinajstić information content (AvgIpc) is 1.81. The summed E-state index contributed by atoms with van der Waals surface area (Å²) in [5.74, 6) is -4.93. The molecule has 0 saturated heterocycles. The summed E-state index contributed by atoms with van der Waals surface area (Å²) in [5.41, 5.74) is 4.67. The van der Waals surface area contributed by atoms with E-state index in [1.165, 1.54) is 0 Å². The number of primary amides is 1. The summed E-state index contributed by atoms with van der Waals surface area (Å²) in [6.07, 6.45) is -0.616. The molecular weight excluding hydrogens is 202 g/mol. The maximum atomic E-state index is 10.3. The largest absolute Gasteiger partial charge is 0.481 e. The van der Waals surface area contributed by atoms with Crippen LogP contribution in [0.2, 0.25) is 0 Å². The van der Waals surface area contributed by atoms with Gasteiger partial charge in [-0.2, -0.15) is 8.42 Å². The minimum absolute atomic E-state index is 0.616. The maximum absolute atomic E-state index is 10.3. The Morgan fingerprint density at radius 2 is 1.85 bits per heavy atom. The topological polar surface area (TPSA) is 135 Å². The molecule has 0 unspecified atom stereocenters. The zero-order valence-corrected chi connectivity index (χ0v) is 7.32. The van der Waals surface area contributed by atoms with Crippen LogP contribution < -0.4 is 5.73 Å². The Morgan fingerprint density at radius 1 is 1.38 bits per heavy atom. The van der Waals surface area contributed by atoms with Crippen molar-refractivity contribution in [3.8, 4) is 0 Å². The first-order valence-electron chi connectivity index (χ1n) is 3.18. The fourth-order valence-electron chi connectivity index (χ4n) is 0.715. The highest BCUT2D eigenvalue weighted by atomic mass is 32.2. The molecule has 0 rings (SSSR count). The molecule has 0 aromatic carbocycles. The third kappa shape index (κ3) is 6.05. The van der Waals surface area contributed by atoms with E-state index in [9.17, 15) is 18.0 Å². The summed E-state index contributed by atoms with van der Waals surface area (Å²) >= 11 is 0. The van der Waals surface area contributed by atoms with Crippen molar-refractivity contribution in [1.29, 1.82) is 0 Å². The molecule has 7 nitrogen and oxygen atoms in total. The summed E-state index contributed by atoms with van der Waals surface area (Å²) < 4.78 is 28.8. The zero-order valence-electron chi connectivity index (χ0n) is 6.50. The van der Waals surface area contributed by atoms with Crippen molar-refractivity contribution in [3.63, 3.8) is 0 Å². The first kappa shape index (κ1) is 11.8. The Kier molecular flexibility index (Phi) is 3.82. The van der Waals surface area contributed by atoms with Crippen LogP contribution in [0.25, 0.3) is 0 Å². The molecule has 0 aromatic heterocycles. The molecule has 0 aromatic rings. The van der Waals surface area contributed by atoms with Crippen LogP contribution in [0.3, 0.4) is 0 Å². The van der Waals surface area contributed by atoms with E-state index in [0.717, 1.165) is 0 Å². The van der Waals surface area contributed by atoms with Gasteiger partial charge >= 0.3 is 5.97 Å². The molecule has 0 aliphatic rings. The molecule has 4 N–H and O–H groups in total. The van der Waals surface area contributed by atoms with E-state index in [2.05, 4.69) is 5.73 Å². The molecule has 8 heteroatoms. The summed E-state index contributed by atoms with van der Waals surface area (Å²) in [4.78, 5) is 20.6. The first-order valence-corrected chi connectivity index (χ1v) is 4.79. The Hall–Kier alpha value is -1.15. The second-order valence-electron chi connectivity index (χ2n) is 2.45. The molecule has 1 atom stereocenters. The number of carboxylic acids is 1. The molecule has 0 aliphatic carbocycles. The highest BCUT2D eigenvalue weighted by Gasteiger charge is 2.25. The van der Waals surface area contributed by atoms with E-state index < -0.39 is 40.1 Å². The molecule has 0 heterocycles. The number of amides is 1. The lowest BCUT2D eigenvalue weighted by Gasteiger charge is -2.06. The van der Waals surface area contributed by atoms with Gasteiger partial charge in [0.2, 0.25) is 5.91 Å². The molecule has 0 radical (unpaired) electrons. The van der Waals surface area contributed by atoms with E-state index in [1.807, 2.05) is 0 Å². The van der Waals surface area contributed by atoms with Crippen molar-refractivity contribution >= 4 is 22.0 Å². The van der Waals surface area contributed by atoms with Gasteiger partial charge in [0.1, 0.15) is 0 Å². The van der Waals surface area contributed by atoms with Crippen molar-refractivity contribution in [2.45, 2.75) is 6.42 Å². The first-order chi connectivity index (χ1) is 5.72. The van der Waals surface area contributed by atoms with Crippen LogP contribution in [0.4, 0.5) is 0 Å². The minimum atomic E-state index is -4.40. The number of aliphatic carboxylic acids is 1. The number of carbonyl (C=O) groups excluding carboxylic acids is 1. The van der Waals surface area contributed by atoms with Crippen LogP contribution in [0, 0.1) is 5.92 Å². The lowest BCUT2D eigenvalue weighted by atomic mass is 10.1. The smallest absolute Gasteiger partial charge is 0.308 e. The summed E-state index contributed by atoms with van der Waals surface area (Å²) in [7, 11) is -4.40. The van der Waals surface area contributed by atoms with E-state index in [0.29, 0.717) is 0 Å². The van der Waals surface area contributed by atoms with E-state index in [4.69, 9.17) is 9.66 Å². The summed E-state index contributed by atoms with van der Waals surface area (Å²) in [5, 5.41) is 8.40. The van der Waals surface area contributed by atoms with Gasteiger partial charge in [0.15, 0.2) is 0 Å². The molecule has 0 bridgehead atoms. The predicted octanol–water partition coefficient (Wildman–Crippen LogP) is -1.55. The van der Waals surface area contributed by atoms with Crippen molar-refractivity contribution in [1.82, 2.24) is 0 Å². The Bertz CT molecular complexity index is 307. The third-order valence-electron chi connectivity index (χ3n) is 1.21. The van der Waals surface area contributed by atoms with Gasteiger partial charge in [-0.05, 0) is 0 Å². The van der Waals surface area contributed by atoms with Crippen LogP contribution >= 0.6 is 0 Å². The standard InChI is InChI=1S/C5H9NO6S/c6-4(7)1-3(5(8)9)2-13(10,11)12/h3H,1-2H2,(H2,6,7)(H,8,9)(H,10,11,12)/t3-/m0/s1. The van der Waals surface area contributed by atoms with Gasteiger partial charge in [-0.3, -0.25) is 14.1 Å². The lowest BCUT2D eigenvalue weighted by Crippen LogP contribution is -2.28.